The van der Waals surface area contributed by atoms with Gasteiger partial charge in [-0.25, -0.2) is 17.9 Å². The van der Waals surface area contributed by atoms with Crippen LogP contribution in [-0.4, -0.2) is 41.0 Å². The summed E-state index contributed by atoms with van der Waals surface area (Å²) < 4.78 is 34.3. The van der Waals surface area contributed by atoms with Gasteiger partial charge in [-0.2, -0.15) is 0 Å². The summed E-state index contributed by atoms with van der Waals surface area (Å²) in [6, 6.07) is 7.23. The SMILES string of the molecule is COC(=O)c1ccc([N+](=O)[O-])cc1S(=O)(=O)N[C@@H](C)c1nnc2ccccn12. The van der Waals surface area contributed by atoms with Gasteiger partial charge in [-0.15, -0.1) is 10.2 Å². The van der Waals surface area contributed by atoms with Crippen LogP contribution in [0.15, 0.2) is 47.5 Å². The van der Waals surface area contributed by atoms with Crippen molar-refractivity contribution in [2.75, 3.05) is 7.11 Å². The second-order valence-electron chi connectivity index (χ2n) is 5.76. The van der Waals surface area contributed by atoms with Crippen molar-refractivity contribution in [2.24, 2.45) is 0 Å². The molecule has 11 nitrogen and oxygen atoms in total. The first kappa shape index (κ1) is 19.4. The Morgan fingerprint density at radius 1 is 1.29 bits per heavy atom. The lowest BCUT2D eigenvalue weighted by molar-refractivity contribution is -0.385. The number of aromatic nitrogens is 3. The summed E-state index contributed by atoms with van der Waals surface area (Å²) >= 11 is 0. The van der Waals surface area contributed by atoms with Crippen LogP contribution in [0.2, 0.25) is 0 Å². The highest BCUT2D eigenvalue weighted by Gasteiger charge is 2.29. The van der Waals surface area contributed by atoms with Crippen LogP contribution < -0.4 is 4.72 Å². The van der Waals surface area contributed by atoms with Crippen LogP contribution in [0, 0.1) is 10.1 Å². The van der Waals surface area contributed by atoms with Gasteiger partial charge in [-0.05, 0) is 25.1 Å². The Bertz CT molecular complexity index is 1170. The molecule has 0 bridgehead atoms. The Morgan fingerprint density at radius 2 is 2.04 bits per heavy atom. The zero-order chi connectivity index (χ0) is 20.5. The highest BCUT2D eigenvalue weighted by molar-refractivity contribution is 7.89. The minimum absolute atomic E-state index is 0.309. The number of nitro benzene ring substituents is 1. The average molecular weight is 405 g/mol. The molecule has 0 saturated carbocycles. The van der Waals surface area contributed by atoms with E-state index in [0.717, 1.165) is 25.3 Å². The van der Waals surface area contributed by atoms with Gasteiger partial charge in [0.2, 0.25) is 10.0 Å². The lowest BCUT2D eigenvalue weighted by Crippen LogP contribution is -2.29. The smallest absolute Gasteiger partial charge is 0.339 e. The number of esters is 1. The molecule has 0 aliphatic rings. The van der Waals surface area contributed by atoms with E-state index >= 15 is 0 Å². The van der Waals surface area contributed by atoms with Crippen LogP contribution in [-0.2, 0) is 14.8 Å². The standard InChI is InChI=1S/C16H15N5O6S/c1-10(15-18-17-14-5-3-4-8-20(14)15)19-28(25,26)13-9-11(21(23)24)6-7-12(13)16(22)27-2/h3-10,19H,1-2H3/t10-/m0/s1. The van der Waals surface area contributed by atoms with Gasteiger partial charge in [0.1, 0.15) is 4.90 Å². The van der Waals surface area contributed by atoms with Gasteiger partial charge in [-0.3, -0.25) is 14.5 Å². The van der Waals surface area contributed by atoms with E-state index in [1.54, 1.807) is 28.8 Å². The molecule has 3 aromatic rings. The van der Waals surface area contributed by atoms with Gasteiger partial charge >= 0.3 is 5.97 Å². The molecule has 146 valence electrons. The summed E-state index contributed by atoms with van der Waals surface area (Å²) in [6.07, 6.45) is 1.67. The minimum Gasteiger partial charge on any atom is -0.465 e. The van der Waals surface area contributed by atoms with Crippen molar-refractivity contribution in [2.45, 2.75) is 17.9 Å². The Labute approximate surface area is 159 Å². The number of nitro groups is 1. The minimum atomic E-state index is -4.33. The molecule has 2 heterocycles. The Hall–Kier alpha value is -3.38. The van der Waals surface area contributed by atoms with Crippen molar-refractivity contribution in [1.82, 2.24) is 19.3 Å². The number of hydrogen-bond acceptors (Lipinski definition) is 8. The van der Waals surface area contributed by atoms with E-state index in [0.29, 0.717) is 11.5 Å². The third kappa shape index (κ3) is 3.54. The van der Waals surface area contributed by atoms with E-state index in [9.17, 15) is 23.3 Å². The number of hydrogen-bond donors (Lipinski definition) is 1. The number of benzene rings is 1. The third-order valence-corrected chi connectivity index (χ3v) is 5.51. The van der Waals surface area contributed by atoms with Crippen LogP contribution in [0.3, 0.4) is 0 Å². The topological polar surface area (TPSA) is 146 Å². The Kier molecular flexibility index (Phi) is 5.07. The molecule has 3 rings (SSSR count). The number of methoxy groups -OCH3 is 1. The number of carbonyl (C=O) groups excluding carboxylic acids is 1. The summed E-state index contributed by atoms with van der Waals surface area (Å²) in [5.74, 6) is -0.625. The number of carbonyl (C=O) groups is 1. The first-order valence-electron chi connectivity index (χ1n) is 7.93. The number of fused-ring (bicyclic) bond motifs is 1. The van der Waals surface area contributed by atoms with Crippen molar-refractivity contribution in [3.05, 3.63) is 64.1 Å². The molecular formula is C16H15N5O6S. The van der Waals surface area contributed by atoms with Crippen LogP contribution in [0.1, 0.15) is 29.1 Å². The van der Waals surface area contributed by atoms with E-state index in [-0.39, 0.29) is 5.56 Å². The second-order valence-corrected chi connectivity index (χ2v) is 7.44. The first-order chi connectivity index (χ1) is 13.2. The molecule has 0 unspecified atom stereocenters. The summed E-state index contributed by atoms with van der Waals surface area (Å²) in [7, 11) is -3.25. The maximum atomic E-state index is 12.9. The van der Waals surface area contributed by atoms with Gasteiger partial charge in [0.05, 0.1) is 23.6 Å². The van der Waals surface area contributed by atoms with E-state index in [1.807, 2.05) is 0 Å². The van der Waals surface area contributed by atoms with Crippen LogP contribution in [0.4, 0.5) is 5.69 Å². The predicted molar refractivity (Wildman–Crippen MR) is 96.2 cm³/mol. The number of pyridine rings is 1. The molecule has 0 spiro atoms. The van der Waals surface area contributed by atoms with Crippen molar-refractivity contribution in [3.63, 3.8) is 0 Å². The van der Waals surface area contributed by atoms with Gasteiger partial charge in [0.25, 0.3) is 5.69 Å². The van der Waals surface area contributed by atoms with E-state index in [2.05, 4.69) is 19.7 Å². The zero-order valence-electron chi connectivity index (χ0n) is 14.8. The predicted octanol–water partition coefficient (Wildman–Crippen LogP) is 1.46. The fraction of sp³-hybridized carbons (Fsp3) is 0.188. The summed E-state index contributed by atoms with van der Waals surface area (Å²) in [5, 5.41) is 19.0. The zero-order valence-corrected chi connectivity index (χ0v) is 15.6. The maximum Gasteiger partial charge on any atom is 0.339 e. The molecule has 2 aromatic heterocycles. The summed E-state index contributed by atoms with van der Waals surface area (Å²) in [6.45, 7) is 1.54. The van der Waals surface area contributed by atoms with Crippen LogP contribution in [0.5, 0.6) is 0 Å². The number of nitrogens with zero attached hydrogens (tertiary/aromatic N) is 4. The number of sulfonamides is 1. The molecule has 0 radical (unpaired) electrons. The van der Waals surface area contributed by atoms with Gasteiger partial charge in [0.15, 0.2) is 11.5 Å². The summed E-state index contributed by atoms with van der Waals surface area (Å²) in [5.41, 5.74) is -0.276. The Morgan fingerprint density at radius 3 is 2.71 bits per heavy atom. The van der Waals surface area contributed by atoms with Gasteiger partial charge < -0.3 is 4.74 Å². The first-order valence-corrected chi connectivity index (χ1v) is 9.41. The molecule has 0 amide bonds. The third-order valence-electron chi connectivity index (χ3n) is 3.93. The molecule has 12 heteroatoms. The van der Waals surface area contributed by atoms with Crippen molar-refractivity contribution in [3.8, 4) is 0 Å². The molecule has 1 N–H and O–H groups in total. The quantitative estimate of drug-likeness (QED) is 0.368. The van der Waals surface area contributed by atoms with Crippen molar-refractivity contribution >= 4 is 27.3 Å². The lowest BCUT2D eigenvalue weighted by atomic mass is 10.2. The van der Waals surface area contributed by atoms with Crippen molar-refractivity contribution in [1.29, 1.82) is 0 Å². The molecule has 28 heavy (non-hydrogen) atoms. The van der Waals surface area contributed by atoms with Crippen LogP contribution in [0.25, 0.3) is 5.65 Å². The highest BCUT2D eigenvalue weighted by atomic mass is 32.2. The molecule has 1 aromatic carbocycles. The number of ether oxygens (including phenoxy) is 1. The lowest BCUT2D eigenvalue weighted by Gasteiger charge is -2.14. The molecule has 0 fully saturated rings. The van der Waals surface area contributed by atoms with Crippen LogP contribution >= 0.6 is 0 Å². The summed E-state index contributed by atoms with van der Waals surface area (Å²) in [4.78, 5) is 21.7. The van der Waals surface area contributed by atoms with Gasteiger partial charge in [0, 0.05) is 18.3 Å². The Balaban J connectivity index is 2.03. The fourth-order valence-electron chi connectivity index (χ4n) is 2.63. The maximum absolute atomic E-state index is 12.9. The fourth-order valence-corrected chi connectivity index (χ4v) is 4.04. The molecule has 1 atom stereocenters. The molecule has 0 aliphatic carbocycles. The number of rotatable bonds is 6. The van der Waals surface area contributed by atoms with E-state index in [1.165, 1.54) is 6.92 Å². The normalized spacial score (nSPS) is 12.6. The molecule has 0 aliphatic heterocycles. The second kappa shape index (κ2) is 7.32. The van der Waals surface area contributed by atoms with Gasteiger partial charge in [-0.1, -0.05) is 6.07 Å². The van der Waals surface area contributed by atoms with Crippen molar-refractivity contribution < 1.29 is 22.9 Å². The largest absolute Gasteiger partial charge is 0.465 e. The number of non-ortho nitro benzene ring substituents is 1. The van der Waals surface area contributed by atoms with E-state index < -0.39 is 37.5 Å². The van der Waals surface area contributed by atoms with E-state index in [4.69, 9.17) is 0 Å². The monoisotopic (exact) mass is 405 g/mol. The number of nitrogens with one attached hydrogen (secondary N) is 1. The highest BCUT2D eigenvalue weighted by Crippen LogP contribution is 2.25. The molecular weight excluding hydrogens is 390 g/mol. The average Bonchev–Trinajstić information content (AvgIpc) is 3.10. The molecule has 0 saturated heterocycles.